The van der Waals surface area contributed by atoms with Crippen molar-refractivity contribution in [2.45, 2.75) is 25.6 Å². The predicted molar refractivity (Wildman–Crippen MR) is 129 cm³/mol. The van der Waals surface area contributed by atoms with Gasteiger partial charge in [-0.1, -0.05) is 52.6 Å². The lowest BCUT2D eigenvalue weighted by atomic mass is 9.98. The summed E-state index contributed by atoms with van der Waals surface area (Å²) in [4.78, 5) is 17.3. The van der Waals surface area contributed by atoms with Crippen LogP contribution in [-0.4, -0.2) is 22.5 Å². The molecule has 186 valence electrons. The van der Waals surface area contributed by atoms with E-state index in [-0.39, 0.29) is 17.8 Å². The predicted octanol–water partition coefficient (Wildman–Crippen LogP) is 7.49. The van der Waals surface area contributed by atoms with E-state index in [1.807, 2.05) is 0 Å². The van der Waals surface area contributed by atoms with E-state index >= 15 is 0 Å². The monoisotopic (exact) mass is 537 g/mol. The first-order chi connectivity index (χ1) is 17.0. The van der Waals surface area contributed by atoms with Crippen LogP contribution in [0.5, 0.6) is 0 Å². The summed E-state index contributed by atoms with van der Waals surface area (Å²) in [6.07, 6.45) is -4.26. The molecule has 1 aliphatic rings. The first-order valence-electron chi connectivity index (χ1n) is 10.5. The van der Waals surface area contributed by atoms with Crippen LogP contribution in [0.4, 0.5) is 17.6 Å². The summed E-state index contributed by atoms with van der Waals surface area (Å²) in [5, 5.41) is 10.6. The highest BCUT2D eigenvalue weighted by atomic mass is 35.5. The van der Waals surface area contributed by atoms with Gasteiger partial charge in [-0.15, -0.1) is 0 Å². The fourth-order valence-corrected chi connectivity index (χ4v) is 4.20. The van der Waals surface area contributed by atoms with E-state index in [2.05, 4.69) is 10.3 Å². The van der Waals surface area contributed by atoms with E-state index in [4.69, 9.17) is 28.0 Å². The number of carbonyl (C=O) groups is 1. The van der Waals surface area contributed by atoms with Crippen molar-refractivity contribution in [2.24, 2.45) is 10.3 Å². The molecule has 3 aromatic carbocycles. The lowest BCUT2D eigenvalue weighted by Gasteiger charge is -2.23. The quantitative estimate of drug-likeness (QED) is 0.114. The van der Waals surface area contributed by atoms with Crippen molar-refractivity contribution in [1.29, 1.82) is 0 Å². The summed E-state index contributed by atoms with van der Waals surface area (Å²) in [7, 11) is 0. The maximum absolute atomic E-state index is 14.7. The van der Waals surface area contributed by atoms with Gasteiger partial charge < -0.3 is 4.84 Å². The molecule has 0 aromatic heterocycles. The zero-order chi connectivity index (χ0) is 26.0. The maximum Gasteiger partial charge on any atom is 0.416 e. The Morgan fingerprint density at radius 1 is 1.08 bits per heavy atom. The third-order valence-corrected chi connectivity index (χ3v) is 6.00. The summed E-state index contributed by atoms with van der Waals surface area (Å²) >= 11 is 12.3. The highest BCUT2D eigenvalue weighted by Gasteiger charge is 2.34. The van der Waals surface area contributed by atoms with Gasteiger partial charge in [0.2, 0.25) is 0 Å². The van der Waals surface area contributed by atoms with Crippen LogP contribution in [0.2, 0.25) is 10.0 Å². The van der Waals surface area contributed by atoms with Crippen molar-refractivity contribution in [3.8, 4) is 0 Å². The van der Waals surface area contributed by atoms with Gasteiger partial charge >= 0.3 is 12.1 Å². The minimum atomic E-state index is -4.53. The van der Waals surface area contributed by atoms with Crippen molar-refractivity contribution in [3.05, 3.63) is 105 Å². The standard InChI is InChI=1S/C25H17Cl2F4N3O2/c1-14(33-36-24(35)15-6-8-16(9-7-15)25(29,30)31)34-23(19-4-2-3-5-21(19)28)13-22(32-34)18-11-10-17(26)12-20(18)27/h2-12,23H,13H2,1H3/b33-14-. The average molecular weight is 538 g/mol. The summed E-state index contributed by atoms with van der Waals surface area (Å²) in [5.41, 5.74) is 0.452. The van der Waals surface area contributed by atoms with Gasteiger partial charge in [0, 0.05) is 22.6 Å². The number of nitrogens with zero attached hydrogens (tertiary/aromatic N) is 3. The largest absolute Gasteiger partial charge is 0.416 e. The molecule has 5 nitrogen and oxygen atoms in total. The molecule has 1 aliphatic heterocycles. The summed E-state index contributed by atoms with van der Waals surface area (Å²) < 4.78 is 52.9. The molecule has 0 bridgehead atoms. The molecule has 0 saturated carbocycles. The van der Waals surface area contributed by atoms with E-state index in [0.717, 1.165) is 24.3 Å². The van der Waals surface area contributed by atoms with Crippen molar-refractivity contribution < 1.29 is 27.2 Å². The van der Waals surface area contributed by atoms with Gasteiger partial charge in [0.1, 0.15) is 5.82 Å². The Kier molecular flexibility index (Phi) is 7.33. The van der Waals surface area contributed by atoms with Crippen LogP contribution in [0.3, 0.4) is 0 Å². The fourth-order valence-electron chi connectivity index (χ4n) is 3.68. The molecular formula is C25H17Cl2F4N3O2. The smallest absolute Gasteiger partial charge is 0.311 e. The molecule has 1 heterocycles. The zero-order valence-electron chi connectivity index (χ0n) is 18.6. The molecule has 3 aromatic rings. The number of oxime groups is 1. The highest BCUT2D eigenvalue weighted by Crippen LogP contribution is 2.36. The first kappa shape index (κ1) is 25.7. The van der Waals surface area contributed by atoms with E-state index in [1.54, 1.807) is 36.4 Å². The molecule has 0 spiro atoms. The number of alkyl halides is 3. The Morgan fingerprint density at radius 3 is 2.42 bits per heavy atom. The summed E-state index contributed by atoms with van der Waals surface area (Å²) in [5.74, 6) is -1.31. The number of halogens is 6. The van der Waals surface area contributed by atoms with Gasteiger partial charge in [-0.05, 0) is 49.4 Å². The SMILES string of the molecule is C/C(=N/OC(=O)c1ccc(C(F)(F)F)cc1)N1N=C(c2ccc(Cl)cc2Cl)CC1c1ccccc1F. The molecule has 1 atom stereocenters. The average Bonchev–Trinajstić information content (AvgIpc) is 3.27. The third kappa shape index (κ3) is 5.52. The number of rotatable bonds is 4. The minimum Gasteiger partial charge on any atom is -0.311 e. The van der Waals surface area contributed by atoms with E-state index in [9.17, 15) is 22.4 Å². The Bertz CT molecular complexity index is 1360. The summed E-state index contributed by atoms with van der Waals surface area (Å²) in [6, 6.07) is 14.0. The summed E-state index contributed by atoms with van der Waals surface area (Å²) in [6.45, 7) is 1.50. The van der Waals surface area contributed by atoms with E-state index < -0.39 is 29.6 Å². The molecular weight excluding hydrogens is 521 g/mol. The van der Waals surface area contributed by atoms with Crippen LogP contribution in [0.1, 0.15) is 46.4 Å². The molecule has 1 unspecified atom stereocenters. The highest BCUT2D eigenvalue weighted by molar-refractivity contribution is 6.37. The second kappa shape index (κ2) is 10.3. The van der Waals surface area contributed by atoms with Crippen molar-refractivity contribution in [1.82, 2.24) is 5.01 Å². The Balaban J connectivity index is 1.61. The number of hydrogen-bond acceptors (Lipinski definition) is 4. The molecule has 0 N–H and O–H groups in total. The molecule has 4 rings (SSSR count). The van der Waals surface area contributed by atoms with Gasteiger partial charge in [0.15, 0.2) is 5.84 Å². The van der Waals surface area contributed by atoms with Gasteiger partial charge in [0.05, 0.1) is 27.9 Å². The Hall–Kier alpha value is -3.43. The lowest BCUT2D eigenvalue weighted by Crippen LogP contribution is -2.26. The molecule has 0 radical (unpaired) electrons. The normalized spacial score (nSPS) is 16.2. The van der Waals surface area contributed by atoms with Crippen molar-refractivity contribution in [3.63, 3.8) is 0 Å². The number of amidine groups is 1. The third-order valence-electron chi connectivity index (χ3n) is 5.46. The molecule has 0 fully saturated rings. The Labute approximate surface area is 213 Å². The van der Waals surface area contributed by atoms with Crippen LogP contribution < -0.4 is 0 Å². The van der Waals surface area contributed by atoms with Gasteiger partial charge in [-0.3, -0.25) is 0 Å². The van der Waals surface area contributed by atoms with Gasteiger partial charge in [0.25, 0.3) is 0 Å². The number of hydrazone groups is 1. The first-order valence-corrected chi connectivity index (χ1v) is 11.3. The molecule has 0 amide bonds. The molecule has 0 aliphatic carbocycles. The van der Waals surface area contributed by atoms with Crippen LogP contribution >= 0.6 is 23.2 Å². The second-order valence-corrected chi connectivity index (χ2v) is 8.69. The van der Waals surface area contributed by atoms with Crippen LogP contribution in [0.25, 0.3) is 0 Å². The number of hydrogen-bond donors (Lipinski definition) is 0. The molecule has 0 saturated heterocycles. The lowest BCUT2D eigenvalue weighted by molar-refractivity contribution is -0.137. The zero-order valence-corrected chi connectivity index (χ0v) is 20.1. The minimum absolute atomic E-state index is 0.114. The number of benzene rings is 3. The van der Waals surface area contributed by atoms with Crippen molar-refractivity contribution >= 4 is 40.7 Å². The Morgan fingerprint density at radius 2 is 1.78 bits per heavy atom. The molecule has 36 heavy (non-hydrogen) atoms. The van der Waals surface area contributed by atoms with Crippen molar-refractivity contribution in [2.75, 3.05) is 0 Å². The van der Waals surface area contributed by atoms with Gasteiger partial charge in [-0.2, -0.15) is 18.3 Å². The second-order valence-electron chi connectivity index (χ2n) is 7.85. The van der Waals surface area contributed by atoms with Gasteiger partial charge in [-0.25, -0.2) is 14.2 Å². The fraction of sp³-hybridized carbons (Fsp3) is 0.160. The van der Waals surface area contributed by atoms with E-state index in [1.165, 1.54) is 18.0 Å². The topological polar surface area (TPSA) is 54.3 Å². The maximum atomic E-state index is 14.7. The molecule has 11 heteroatoms. The van der Waals surface area contributed by atoms with E-state index in [0.29, 0.717) is 26.9 Å². The van der Waals surface area contributed by atoms with Crippen LogP contribution in [-0.2, 0) is 11.0 Å². The number of carbonyl (C=O) groups excluding carboxylic acids is 1. The van der Waals surface area contributed by atoms with Crippen LogP contribution in [0, 0.1) is 5.82 Å². The van der Waals surface area contributed by atoms with Crippen LogP contribution in [0.15, 0.2) is 77.0 Å².